The Bertz CT molecular complexity index is 1110. The normalized spacial score (nSPS) is 18.4. The first kappa shape index (κ1) is 27.6. The topological polar surface area (TPSA) is 84.9 Å². The van der Waals surface area contributed by atoms with Crippen LogP contribution in [0.3, 0.4) is 0 Å². The lowest BCUT2D eigenvalue weighted by Crippen LogP contribution is -2.57. The van der Waals surface area contributed by atoms with Crippen LogP contribution in [0.4, 0.5) is 16.3 Å². The second-order valence-corrected chi connectivity index (χ2v) is 11.3. The van der Waals surface area contributed by atoms with Crippen LogP contribution >= 0.6 is 35.0 Å². The minimum absolute atomic E-state index is 0.0181. The van der Waals surface area contributed by atoms with Crippen molar-refractivity contribution >= 4 is 58.4 Å². The van der Waals surface area contributed by atoms with E-state index in [-0.39, 0.29) is 29.8 Å². The summed E-state index contributed by atoms with van der Waals surface area (Å²) in [5.74, 6) is 1.01. The molecule has 0 saturated carbocycles. The summed E-state index contributed by atoms with van der Waals surface area (Å²) in [5.41, 5.74) is 1.07. The molecule has 1 aromatic carbocycles. The van der Waals surface area contributed by atoms with E-state index in [2.05, 4.69) is 25.1 Å². The number of rotatable bonds is 6. The maximum absolute atomic E-state index is 12.9. The summed E-state index contributed by atoms with van der Waals surface area (Å²) >= 11 is 13.7. The van der Waals surface area contributed by atoms with Gasteiger partial charge in [-0.25, -0.2) is 14.8 Å². The first-order chi connectivity index (χ1) is 17.7. The summed E-state index contributed by atoms with van der Waals surface area (Å²) < 4.78 is 0. The molecule has 3 heterocycles. The molecule has 4 rings (SSSR count). The number of urea groups is 1. The molecule has 2 aliphatic heterocycles. The van der Waals surface area contributed by atoms with Crippen LogP contribution in [-0.4, -0.2) is 95.4 Å². The zero-order chi connectivity index (χ0) is 26.5. The van der Waals surface area contributed by atoms with Gasteiger partial charge in [-0.15, -0.1) is 0 Å². The number of thioether (sulfide) groups is 1. The number of nitrogens with one attached hydrogen (secondary N) is 1. The molecule has 0 bridgehead atoms. The molecule has 0 unspecified atom stereocenters. The number of amides is 3. The minimum atomic E-state index is -0.0500. The van der Waals surface area contributed by atoms with Crippen LogP contribution in [0.1, 0.15) is 20.8 Å². The SMILES string of the molecule is CC(C)NC(=O)N1CCN(c2cc(Cl)nc(SCC(=O)N3CCN(c4cccc(Cl)c4)CC3)n2)C[C@@H]1C. The average molecular weight is 567 g/mol. The lowest BCUT2D eigenvalue weighted by atomic mass is 10.2. The highest BCUT2D eigenvalue weighted by atomic mass is 35.5. The highest BCUT2D eigenvalue weighted by Crippen LogP contribution is 2.25. The van der Waals surface area contributed by atoms with Gasteiger partial charge in [0.15, 0.2) is 5.16 Å². The van der Waals surface area contributed by atoms with Crippen LogP contribution in [-0.2, 0) is 4.79 Å². The van der Waals surface area contributed by atoms with E-state index in [1.54, 1.807) is 6.07 Å². The third kappa shape index (κ3) is 7.33. The molecule has 2 fully saturated rings. The van der Waals surface area contributed by atoms with Crippen molar-refractivity contribution < 1.29 is 9.59 Å². The van der Waals surface area contributed by atoms with Gasteiger partial charge in [0.25, 0.3) is 0 Å². The molecule has 0 aliphatic carbocycles. The second-order valence-electron chi connectivity index (χ2n) is 9.56. The van der Waals surface area contributed by atoms with Gasteiger partial charge < -0.3 is 24.9 Å². The second kappa shape index (κ2) is 12.4. The summed E-state index contributed by atoms with van der Waals surface area (Å²) in [7, 11) is 0. The van der Waals surface area contributed by atoms with E-state index in [0.29, 0.717) is 53.9 Å². The molecular formula is C25H33Cl2N7O2S. The third-order valence-corrected chi connectivity index (χ3v) is 7.68. The zero-order valence-electron chi connectivity index (χ0n) is 21.4. The molecule has 2 aliphatic rings. The fourth-order valence-electron chi connectivity index (χ4n) is 4.51. The minimum Gasteiger partial charge on any atom is -0.368 e. The average Bonchev–Trinajstić information content (AvgIpc) is 2.86. The van der Waals surface area contributed by atoms with Crippen molar-refractivity contribution in [2.45, 2.75) is 38.0 Å². The van der Waals surface area contributed by atoms with Crippen molar-refractivity contribution in [2.24, 2.45) is 0 Å². The molecule has 1 atom stereocenters. The van der Waals surface area contributed by atoms with E-state index in [1.165, 1.54) is 11.8 Å². The number of benzene rings is 1. The predicted octanol–water partition coefficient (Wildman–Crippen LogP) is 3.85. The standard InChI is InChI=1S/C25H33Cl2N7O2S/c1-17(2)28-25(36)34-12-11-33(15-18(34)3)22-14-21(27)29-24(30-22)37-16-23(35)32-9-7-31(8-10-32)20-6-4-5-19(26)13-20/h4-6,13-14,17-18H,7-12,15-16H2,1-3H3,(H,28,36)/t18-/m0/s1. The number of hydrogen-bond donors (Lipinski definition) is 1. The van der Waals surface area contributed by atoms with Gasteiger partial charge >= 0.3 is 6.03 Å². The molecule has 9 nitrogen and oxygen atoms in total. The lowest BCUT2D eigenvalue weighted by Gasteiger charge is -2.40. The van der Waals surface area contributed by atoms with Crippen LogP contribution < -0.4 is 15.1 Å². The van der Waals surface area contributed by atoms with Gasteiger partial charge in [0, 0.05) is 74.7 Å². The molecule has 37 heavy (non-hydrogen) atoms. The Morgan fingerprint density at radius 2 is 1.78 bits per heavy atom. The molecule has 200 valence electrons. The summed E-state index contributed by atoms with van der Waals surface area (Å²) in [4.78, 5) is 42.4. The number of hydrogen-bond acceptors (Lipinski definition) is 7. The molecule has 12 heteroatoms. The van der Waals surface area contributed by atoms with E-state index in [0.717, 1.165) is 18.8 Å². The maximum atomic E-state index is 12.9. The highest BCUT2D eigenvalue weighted by Gasteiger charge is 2.29. The van der Waals surface area contributed by atoms with Gasteiger partial charge in [-0.05, 0) is 39.0 Å². The van der Waals surface area contributed by atoms with Crippen molar-refractivity contribution in [1.82, 2.24) is 25.1 Å². The summed E-state index contributed by atoms with van der Waals surface area (Å²) in [6.45, 7) is 10.6. The number of carbonyl (C=O) groups is 2. The van der Waals surface area contributed by atoms with Gasteiger partial charge in [-0.1, -0.05) is 41.0 Å². The fourth-order valence-corrected chi connectivity index (χ4v) is 5.68. The van der Waals surface area contributed by atoms with Crippen molar-refractivity contribution in [2.75, 3.05) is 61.4 Å². The number of halogens is 2. The number of anilines is 2. The van der Waals surface area contributed by atoms with Crippen LogP contribution in [0, 0.1) is 0 Å². The molecule has 1 N–H and O–H groups in total. The van der Waals surface area contributed by atoms with E-state index in [4.69, 9.17) is 23.2 Å². The van der Waals surface area contributed by atoms with Gasteiger partial charge in [0.2, 0.25) is 5.91 Å². The Morgan fingerprint density at radius 3 is 2.46 bits per heavy atom. The Hall–Kier alpha value is -2.43. The Labute approximate surface area is 232 Å². The smallest absolute Gasteiger partial charge is 0.317 e. The van der Waals surface area contributed by atoms with Crippen LogP contribution in [0.15, 0.2) is 35.5 Å². The molecule has 0 spiro atoms. The third-order valence-electron chi connectivity index (χ3n) is 6.42. The maximum Gasteiger partial charge on any atom is 0.317 e. The summed E-state index contributed by atoms with van der Waals surface area (Å²) in [6, 6.07) is 9.58. The Kier molecular flexibility index (Phi) is 9.26. The van der Waals surface area contributed by atoms with Gasteiger partial charge in [-0.2, -0.15) is 0 Å². The molecule has 2 aromatic rings. The van der Waals surface area contributed by atoms with Crippen molar-refractivity contribution in [1.29, 1.82) is 0 Å². The van der Waals surface area contributed by atoms with Crippen LogP contribution in [0.25, 0.3) is 0 Å². The highest BCUT2D eigenvalue weighted by molar-refractivity contribution is 7.99. The van der Waals surface area contributed by atoms with Crippen LogP contribution in [0.2, 0.25) is 10.2 Å². The van der Waals surface area contributed by atoms with E-state index in [9.17, 15) is 9.59 Å². The van der Waals surface area contributed by atoms with E-state index < -0.39 is 0 Å². The lowest BCUT2D eigenvalue weighted by molar-refractivity contribution is -0.128. The fraction of sp³-hybridized carbons (Fsp3) is 0.520. The number of piperazine rings is 2. The van der Waals surface area contributed by atoms with Crippen molar-refractivity contribution in [3.05, 3.63) is 40.5 Å². The number of nitrogens with zero attached hydrogens (tertiary/aromatic N) is 6. The van der Waals surface area contributed by atoms with Crippen molar-refractivity contribution in [3.8, 4) is 0 Å². The molecular weight excluding hydrogens is 533 g/mol. The number of carbonyl (C=O) groups excluding carboxylic acids is 2. The summed E-state index contributed by atoms with van der Waals surface area (Å²) in [5, 5.41) is 4.48. The van der Waals surface area contributed by atoms with E-state index >= 15 is 0 Å². The van der Waals surface area contributed by atoms with Crippen molar-refractivity contribution in [3.63, 3.8) is 0 Å². The predicted molar refractivity (Wildman–Crippen MR) is 150 cm³/mol. The quantitative estimate of drug-likeness (QED) is 0.323. The van der Waals surface area contributed by atoms with Gasteiger partial charge in [0.1, 0.15) is 11.0 Å². The number of aromatic nitrogens is 2. The monoisotopic (exact) mass is 565 g/mol. The zero-order valence-corrected chi connectivity index (χ0v) is 23.7. The largest absolute Gasteiger partial charge is 0.368 e. The molecule has 0 radical (unpaired) electrons. The first-order valence-corrected chi connectivity index (χ1v) is 14.2. The Balaban J connectivity index is 1.30. The van der Waals surface area contributed by atoms with Gasteiger partial charge in [-0.3, -0.25) is 4.79 Å². The van der Waals surface area contributed by atoms with E-state index in [1.807, 2.05) is 54.8 Å². The summed E-state index contributed by atoms with van der Waals surface area (Å²) in [6.07, 6.45) is 0. The van der Waals surface area contributed by atoms with Crippen LogP contribution in [0.5, 0.6) is 0 Å². The molecule has 3 amide bonds. The molecule has 1 aromatic heterocycles. The van der Waals surface area contributed by atoms with Gasteiger partial charge in [0.05, 0.1) is 5.75 Å². The molecule has 2 saturated heterocycles. The Morgan fingerprint density at radius 1 is 1.05 bits per heavy atom. The first-order valence-electron chi connectivity index (χ1n) is 12.5.